The Hall–Kier alpha value is -2.69. The molecule has 0 radical (unpaired) electrons. The molecule has 2 aromatic carbocycles. The SMILES string of the molecule is COc1ccc(C(=O)N2CCC(Cc3ccccc3N)CC2)c(OC)c1. The van der Waals surface area contributed by atoms with Crippen LogP contribution < -0.4 is 15.2 Å². The van der Waals surface area contributed by atoms with Crippen molar-refractivity contribution in [3.63, 3.8) is 0 Å². The van der Waals surface area contributed by atoms with E-state index in [4.69, 9.17) is 15.2 Å². The van der Waals surface area contributed by atoms with Crippen molar-refractivity contribution in [2.24, 2.45) is 5.92 Å². The van der Waals surface area contributed by atoms with Gasteiger partial charge in [0.15, 0.2) is 0 Å². The van der Waals surface area contributed by atoms with Crippen LogP contribution in [-0.2, 0) is 6.42 Å². The Morgan fingerprint density at radius 3 is 2.50 bits per heavy atom. The molecule has 2 N–H and O–H groups in total. The van der Waals surface area contributed by atoms with Crippen LogP contribution in [0, 0.1) is 5.92 Å². The van der Waals surface area contributed by atoms with Gasteiger partial charge >= 0.3 is 0 Å². The van der Waals surface area contributed by atoms with E-state index in [1.54, 1.807) is 32.4 Å². The molecular weight excluding hydrogens is 328 g/mol. The van der Waals surface area contributed by atoms with E-state index in [1.807, 2.05) is 23.1 Å². The smallest absolute Gasteiger partial charge is 0.257 e. The second-order valence-electron chi connectivity index (χ2n) is 6.70. The monoisotopic (exact) mass is 354 g/mol. The summed E-state index contributed by atoms with van der Waals surface area (Å²) in [5.41, 5.74) is 8.70. The largest absolute Gasteiger partial charge is 0.497 e. The maximum Gasteiger partial charge on any atom is 0.257 e. The third-order valence-electron chi connectivity index (χ3n) is 5.10. The molecule has 5 nitrogen and oxygen atoms in total. The van der Waals surface area contributed by atoms with E-state index < -0.39 is 0 Å². The number of carbonyl (C=O) groups excluding carboxylic acids is 1. The lowest BCUT2D eigenvalue weighted by atomic mass is 9.89. The molecule has 0 spiro atoms. The minimum Gasteiger partial charge on any atom is -0.497 e. The van der Waals surface area contributed by atoms with E-state index in [0.29, 0.717) is 23.0 Å². The number of nitrogen functional groups attached to an aromatic ring is 1. The predicted molar refractivity (Wildman–Crippen MR) is 103 cm³/mol. The fourth-order valence-corrected chi connectivity index (χ4v) is 3.52. The number of piperidine rings is 1. The Kier molecular flexibility index (Phi) is 5.66. The van der Waals surface area contributed by atoms with Gasteiger partial charge in [0, 0.05) is 24.8 Å². The van der Waals surface area contributed by atoms with Crippen LogP contribution in [0.2, 0.25) is 0 Å². The number of nitrogens with two attached hydrogens (primary N) is 1. The first-order valence-electron chi connectivity index (χ1n) is 8.97. The molecule has 0 aromatic heterocycles. The van der Waals surface area contributed by atoms with Crippen molar-refractivity contribution in [2.45, 2.75) is 19.3 Å². The molecule has 5 heteroatoms. The molecule has 0 bridgehead atoms. The molecular formula is C21H26N2O3. The zero-order valence-electron chi connectivity index (χ0n) is 15.4. The molecule has 0 saturated carbocycles. The summed E-state index contributed by atoms with van der Waals surface area (Å²) in [4.78, 5) is 14.8. The first-order chi connectivity index (χ1) is 12.6. The third-order valence-corrected chi connectivity index (χ3v) is 5.10. The number of carbonyl (C=O) groups is 1. The zero-order chi connectivity index (χ0) is 18.5. The topological polar surface area (TPSA) is 64.8 Å². The molecule has 0 unspecified atom stereocenters. The average molecular weight is 354 g/mol. The summed E-state index contributed by atoms with van der Waals surface area (Å²) in [5, 5.41) is 0. The van der Waals surface area contributed by atoms with E-state index >= 15 is 0 Å². The van der Waals surface area contributed by atoms with Crippen LogP contribution in [0.15, 0.2) is 42.5 Å². The maximum atomic E-state index is 12.9. The summed E-state index contributed by atoms with van der Waals surface area (Å²) in [6.45, 7) is 1.51. The zero-order valence-corrected chi connectivity index (χ0v) is 15.4. The number of likely N-dealkylation sites (tertiary alicyclic amines) is 1. The van der Waals surface area contributed by atoms with Crippen molar-refractivity contribution >= 4 is 11.6 Å². The standard InChI is InChI=1S/C21H26N2O3/c1-25-17-7-8-18(20(14-17)26-2)21(24)23-11-9-15(10-12-23)13-16-5-3-4-6-19(16)22/h3-8,14-15H,9-13,22H2,1-2H3. The molecule has 1 saturated heterocycles. The Labute approximate surface area is 154 Å². The van der Waals surface area contributed by atoms with Crippen LogP contribution in [0.5, 0.6) is 11.5 Å². The van der Waals surface area contributed by atoms with Crippen LogP contribution in [0.3, 0.4) is 0 Å². The Balaban J connectivity index is 1.63. The Bertz CT molecular complexity index is 768. The lowest BCUT2D eigenvalue weighted by Crippen LogP contribution is -2.39. The number of anilines is 1. The van der Waals surface area contributed by atoms with Crippen LogP contribution in [0.4, 0.5) is 5.69 Å². The number of hydrogen-bond donors (Lipinski definition) is 1. The first kappa shape index (κ1) is 18.1. The van der Waals surface area contributed by atoms with Crippen molar-refractivity contribution in [1.82, 2.24) is 4.90 Å². The molecule has 2 aromatic rings. The van der Waals surface area contributed by atoms with Crippen molar-refractivity contribution in [1.29, 1.82) is 0 Å². The van der Waals surface area contributed by atoms with Crippen molar-refractivity contribution < 1.29 is 14.3 Å². The van der Waals surface area contributed by atoms with Gasteiger partial charge in [-0.1, -0.05) is 18.2 Å². The lowest BCUT2D eigenvalue weighted by molar-refractivity contribution is 0.0687. The van der Waals surface area contributed by atoms with Gasteiger partial charge in [0.05, 0.1) is 19.8 Å². The summed E-state index contributed by atoms with van der Waals surface area (Å²) in [7, 11) is 3.17. The first-order valence-corrected chi connectivity index (χ1v) is 8.97. The number of hydrogen-bond acceptors (Lipinski definition) is 4. The number of nitrogens with zero attached hydrogens (tertiary/aromatic N) is 1. The molecule has 26 heavy (non-hydrogen) atoms. The number of para-hydroxylation sites is 1. The number of rotatable bonds is 5. The molecule has 1 fully saturated rings. The third kappa shape index (κ3) is 3.93. The minimum atomic E-state index is 0.0159. The van der Waals surface area contributed by atoms with Gasteiger partial charge in [0.1, 0.15) is 11.5 Å². The van der Waals surface area contributed by atoms with Crippen LogP contribution in [0.25, 0.3) is 0 Å². The number of amides is 1. The highest BCUT2D eigenvalue weighted by atomic mass is 16.5. The van der Waals surface area contributed by atoms with Gasteiger partial charge in [-0.2, -0.15) is 0 Å². The highest BCUT2D eigenvalue weighted by Gasteiger charge is 2.26. The fourth-order valence-electron chi connectivity index (χ4n) is 3.52. The van der Waals surface area contributed by atoms with E-state index in [0.717, 1.165) is 38.0 Å². The van der Waals surface area contributed by atoms with E-state index in [1.165, 1.54) is 5.56 Å². The summed E-state index contributed by atoms with van der Waals surface area (Å²) < 4.78 is 10.6. The molecule has 1 aliphatic heterocycles. The number of benzene rings is 2. The molecule has 1 heterocycles. The number of methoxy groups -OCH3 is 2. The summed E-state index contributed by atoms with van der Waals surface area (Å²) in [5.74, 6) is 1.80. The second-order valence-corrected chi connectivity index (χ2v) is 6.70. The van der Waals surface area contributed by atoms with Crippen LogP contribution >= 0.6 is 0 Å². The van der Waals surface area contributed by atoms with E-state index in [-0.39, 0.29) is 5.91 Å². The van der Waals surface area contributed by atoms with Crippen LogP contribution in [-0.4, -0.2) is 38.1 Å². The molecule has 3 rings (SSSR count). The van der Waals surface area contributed by atoms with Gasteiger partial charge < -0.3 is 20.1 Å². The van der Waals surface area contributed by atoms with E-state index in [2.05, 4.69) is 6.07 Å². The van der Waals surface area contributed by atoms with E-state index in [9.17, 15) is 4.79 Å². The molecule has 1 amide bonds. The van der Waals surface area contributed by atoms with Gasteiger partial charge in [0.2, 0.25) is 0 Å². The molecule has 0 aliphatic carbocycles. The fraction of sp³-hybridized carbons (Fsp3) is 0.381. The van der Waals surface area contributed by atoms with Gasteiger partial charge in [-0.05, 0) is 48.9 Å². The molecule has 0 atom stereocenters. The van der Waals surface area contributed by atoms with Gasteiger partial charge in [-0.3, -0.25) is 4.79 Å². The highest BCUT2D eigenvalue weighted by Crippen LogP contribution is 2.29. The second kappa shape index (κ2) is 8.13. The summed E-state index contributed by atoms with van der Waals surface area (Å²) in [6, 6.07) is 13.3. The van der Waals surface area contributed by atoms with Crippen molar-refractivity contribution in [3.8, 4) is 11.5 Å². The highest BCUT2D eigenvalue weighted by molar-refractivity contribution is 5.97. The quantitative estimate of drug-likeness (QED) is 0.836. The molecule has 138 valence electrons. The van der Waals surface area contributed by atoms with Crippen molar-refractivity contribution in [3.05, 3.63) is 53.6 Å². The average Bonchev–Trinajstić information content (AvgIpc) is 2.69. The van der Waals surface area contributed by atoms with Gasteiger partial charge in [0.25, 0.3) is 5.91 Å². The Morgan fingerprint density at radius 2 is 1.85 bits per heavy atom. The number of ether oxygens (including phenoxy) is 2. The summed E-state index contributed by atoms with van der Waals surface area (Å²) in [6.07, 6.45) is 2.94. The minimum absolute atomic E-state index is 0.0159. The predicted octanol–water partition coefficient (Wildman–Crippen LogP) is 3.38. The van der Waals surface area contributed by atoms with Gasteiger partial charge in [-0.15, -0.1) is 0 Å². The maximum absolute atomic E-state index is 12.9. The molecule has 1 aliphatic rings. The van der Waals surface area contributed by atoms with Gasteiger partial charge in [-0.25, -0.2) is 0 Å². The van der Waals surface area contributed by atoms with Crippen LogP contribution in [0.1, 0.15) is 28.8 Å². The Morgan fingerprint density at radius 1 is 1.12 bits per heavy atom. The van der Waals surface area contributed by atoms with Crippen molar-refractivity contribution in [2.75, 3.05) is 33.0 Å². The normalized spacial score (nSPS) is 14.9. The summed E-state index contributed by atoms with van der Waals surface area (Å²) >= 11 is 0. The lowest BCUT2D eigenvalue weighted by Gasteiger charge is -2.32.